The number of likely N-dealkylation sites (tertiary alicyclic amines) is 1. The van der Waals surface area contributed by atoms with Crippen molar-refractivity contribution in [1.82, 2.24) is 25.1 Å². The van der Waals surface area contributed by atoms with Gasteiger partial charge in [0.2, 0.25) is 0 Å². The molecule has 5 aromatic rings. The Hall–Kier alpha value is -4.20. The first-order chi connectivity index (χ1) is 23.2. The van der Waals surface area contributed by atoms with Crippen molar-refractivity contribution in [2.24, 2.45) is 0 Å². The Labute approximate surface area is 280 Å². The fourth-order valence-corrected chi connectivity index (χ4v) is 7.83. The number of morpholine rings is 1. The number of carbonyl (C=O) groups is 1. The quantitative estimate of drug-likeness (QED) is 0.170. The van der Waals surface area contributed by atoms with Crippen molar-refractivity contribution in [2.45, 2.75) is 37.5 Å². The molecule has 2 saturated heterocycles. The average molecular weight is 672 g/mol. The number of carbonyl (C=O) groups excluding carboxylic acids is 1. The van der Waals surface area contributed by atoms with Crippen LogP contribution in [0.1, 0.15) is 46.0 Å². The predicted octanol–water partition coefficient (Wildman–Crippen LogP) is 4.36. The van der Waals surface area contributed by atoms with Crippen LogP contribution in [0.5, 0.6) is 5.75 Å². The average Bonchev–Trinajstić information content (AvgIpc) is 3.49. The number of thiazole rings is 1. The predicted molar refractivity (Wildman–Crippen MR) is 183 cm³/mol. The third kappa shape index (κ3) is 6.99. The van der Waals surface area contributed by atoms with Gasteiger partial charge in [0.15, 0.2) is 0 Å². The Morgan fingerprint density at radius 2 is 1.94 bits per heavy atom. The molecule has 0 unspecified atom stereocenters. The van der Waals surface area contributed by atoms with Gasteiger partial charge < -0.3 is 30.2 Å². The van der Waals surface area contributed by atoms with Gasteiger partial charge in [0.25, 0.3) is 5.91 Å². The van der Waals surface area contributed by atoms with Gasteiger partial charge in [0.05, 0.1) is 35.1 Å². The highest BCUT2D eigenvalue weighted by atomic mass is 32.1. The zero-order chi connectivity index (χ0) is 33.3. The van der Waals surface area contributed by atoms with Crippen molar-refractivity contribution in [2.75, 3.05) is 45.9 Å². The van der Waals surface area contributed by atoms with Gasteiger partial charge in [0, 0.05) is 55.4 Å². The van der Waals surface area contributed by atoms with Crippen LogP contribution in [0.4, 0.5) is 4.39 Å². The minimum Gasteiger partial charge on any atom is -0.506 e. The smallest absolute Gasteiger partial charge is 0.305 e. The van der Waals surface area contributed by atoms with E-state index >= 15 is 0 Å². The number of H-pyrrole nitrogens is 1. The summed E-state index contributed by atoms with van der Waals surface area (Å²) >= 11 is 0.952. The molecule has 1 amide bonds. The second-order valence-electron chi connectivity index (χ2n) is 12.8. The molecule has 4 heterocycles. The molecule has 1 spiro atoms. The van der Waals surface area contributed by atoms with Crippen LogP contribution in [-0.2, 0) is 17.7 Å². The second-order valence-corrected chi connectivity index (χ2v) is 13.8. The molecule has 4 N–H and O–H groups in total. The van der Waals surface area contributed by atoms with Gasteiger partial charge in [-0.05, 0) is 73.3 Å². The van der Waals surface area contributed by atoms with Crippen molar-refractivity contribution in [3.05, 3.63) is 105 Å². The number of benzene rings is 3. The monoisotopic (exact) mass is 671 g/mol. The number of hydrogen-bond acceptors (Lipinski definition) is 9. The number of aliphatic hydroxyl groups excluding tert-OH is 1. The molecule has 12 heteroatoms. The number of fused-ring (bicyclic) bond motifs is 2. The number of aromatic amines is 1. The summed E-state index contributed by atoms with van der Waals surface area (Å²) in [7, 11) is 0. The van der Waals surface area contributed by atoms with Gasteiger partial charge in [-0.15, -0.1) is 0 Å². The molecule has 10 nitrogen and oxygen atoms in total. The van der Waals surface area contributed by atoms with E-state index < -0.39 is 6.10 Å². The number of halogens is 1. The molecule has 2 aromatic heterocycles. The van der Waals surface area contributed by atoms with E-state index in [1.165, 1.54) is 6.07 Å². The van der Waals surface area contributed by atoms with Gasteiger partial charge in [-0.2, -0.15) is 0 Å². The Bertz CT molecular complexity index is 2010. The van der Waals surface area contributed by atoms with Crippen molar-refractivity contribution >= 4 is 38.4 Å². The number of ether oxygens (including phenoxy) is 1. The molecular formula is C36H38FN5O5S. The van der Waals surface area contributed by atoms with E-state index in [-0.39, 0.29) is 34.5 Å². The molecular weight excluding hydrogens is 633 g/mol. The van der Waals surface area contributed by atoms with E-state index in [1.54, 1.807) is 24.4 Å². The lowest BCUT2D eigenvalue weighted by molar-refractivity contribution is -0.127. The number of aromatic hydroxyl groups is 1. The van der Waals surface area contributed by atoms with Gasteiger partial charge in [-0.1, -0.05) is 35.6 Å². The summed E-state index contributed by atoms with van der Waals surface area (Å²) < 4.78 is 21.5. The van der Waals surface area contributed by atoms with Crippen LogP contribution in [-0.4, -0.2) is 87.4 Å². The molecule has 0 bridgehead atoms. The van der Waals surface area contributed by atoms with Gasteiger partial charge in [0.1, 0.15) is 17.1 Å². The van der Waals surface area contributed by atoms with Gasteiger partial charge in [-0.3, -0.25) is 19.5 Å². The largest absolute Gasteiger partial charge is 0.506 e. The molecule has 2 aliphatic rings. The first-order valence-corrected chi connectivity index (χ1v) is 17.1. The molecule has 0 radical (unpaired) electrons. The summed E-state index contributed by atoms with van der Waals surface area (Å²) in [6, 6.07) is 17.8. The number of piperidine rings is 1. The highest BCUT2D eigenvalue weighted by molar-refractivity contribution is 7.16. The lowest BCUT2D eigenvalue weighted by Gasteiger charge is -2.47. The lowest BCUT2D eigenvalue weighted by Crippen LogP contribution is -2.57. The Balaban J connectivity index is 0.907. The SMILES string of the molecule is O=C(c1ccc2cccnc2c1)N1CCOC2(CCN(Cc3cc(F)cc(CCNC[C@H](O)c4ccc(O)c5[nH]c(=O)sc45)c3)CC2)C1. The van der Waals surface area contributed by atoms with Crippen molar-refractivity contribution in [3.63, 3.8) is 0 Å². The highest BCUT2D eigenvalue weighted by Gasteiger charge is 2.41. The van der Waals surface area contributed by atoms with Crippen molar-refractivity contribution in [3.8, 4) is 5.75 Å². The van der Waals surface area contributed by atoms with Gasteiger partial charge in [-0.25, -0.2) is 4.39 Å². The summed E-state index contributed by atoms with van der Waals surface area (Å²) in [4.78, 5) is 36.2. The number of phenolic OH excluding ortho intramolecular Hbond substituents is 1. The Morgan fingerprint density at radius 3 is 2.79 bits per heavy atom. The maximum Gasteiger partial charge on any atom is 0.305 e. The summed E-state index contributed by atoms with van der Waals surface area (Å²) in [5, 5.41) is 25.0. The number of aromatic nitrogens is 2. The Kier molecular flexibility index (Phi) is 9.25. The number of rotatable bonds is 9. The lowest BCUT2D eigenvalue weighted by atomic mass is 9.88. The van der Waals surface area contributed by atoms with E-state index in [2.05, 4.69) is 20.2 Å². The molecule has 48 heavy (non-hydrogen) atoms. The van der Waals surface area contributed by atoms with Crippen LogP contribution in [0.15, 0.2) is 71.7 Å². The zero-order valence-electron chi connectivity index (χ0n) is 26.5. The fourth-order valence-electron chi connectivity index (χ4n) is 6.92. The molecule has 1 atom stereocenters. The molecule has 0 saturated carbocycles. The first-order valence-electron chi connectivity index (χ1n) is 16.3. The summed E-state index contributed by atoms with van der Waals surface area (Å²) in [6.07, 6.45) is 3.01. The Morgan fingerprint density at radius 1 is 1.10 bits per heavy atom. The zero-order valence-corrected chi connectivity index (χ0v) is 27.3. The van der Waals surface area contributed by atoms with E-state index in [9.17, 15) is 24.2 Å². The molecule has 2 aliphatic heterocycles. The van der Waals surface area contributed by atoms with Crippen molar-refractivity contribution < 1.29 is 24.1 Å². The van der Waals surface area contributed by atoms with Crippen LogP contribution in [0.2, 0.25) is 0 Å². The van der Waals surface area contributed by atoms with Crippen LogP contribution < -0.4 is 10.2 Å². The topological polar surface area (TPSA) is 131 Å². The molecule has 7 rings (SSSR count). The first kappa shape index (κ1) is 32.4. The molecule has 250 valence electrons. The van der Waals surface area contributed by atoms with Gasteiger partial charge >= 0.3 is 4.87 Å². The molecule has 0 aliphatic carbocycles. The minimum atomic E-state index is -0.876. The summed E-state index contributed by atoms with van der Waals surface area (Å²) in [6.45, 7) is 4.57. The number of nitrogens with zero attached hydrogens (tertiary/aromatic N) is 3. The van der Waals surface area contributed by atoms with E-state index in [0.29, 0.717) is 60.6 Å². The number of hydrogen-bond donors (Lipinski definition) is 4. The number of aliphatic hydroxyl groups is 1. The van der Waals surface area contributed by atoms with Crippen molar-refractivity contribution in [1.29, 1.82) is 0 Å². The third-order valence-corrected chi connectivity index (χ3v) is 10.4. The fraction of sp³-hybridized carbons (Fsp3) is 0.361. The number of phenols is 1. The van der Waals surface area contributed by atoms with E-state index in [1.807, 2.05) is 41.3 Å². The van der Waals surface area contributed by atoms with E-state index in [4.69, 9.17) is 4.74 Å². The maximum atomic E-state index is 14.7. The third-order valence-electron chi connectivity index (χ3n) is 9.45. The standard InChI is InChI=1S/C36H38FN5O5S/c37-27-17-23(7-11-38-20-31(44)28-5-6-30(43)32-33(28)48-35(46)40-32)16-24(18-27)21-41-12-8-36(9-13-41)22-42(14-15-47-36)34(45)26-4-3-25-2-1-10-39-29(25)19-26/h1-6,10,16-19,31,38,43-44H,7-9,11-15,20-22H2,(H,40,46)/t31-/m0/s1. The number of pyridine rings is 1. The summed E-state index contributed by atoms with van der Waals surface area (Å²) in [5.74, 6) is -0.311. The number of nitrogens with one attached hydrogen (secondary N) is 2. The number of amides is 1. The maximum absolute atomic E-state index is 14.7. The van der Waals surface area contributed by atoms with Crippen LogP contribution in [0.3, 0.4) is 0 Å². The highest BCUT2D eigenvalue weighted by Crippen LogP contribution is 2.33. The second kappa shape index (κ2) is 13.7. The normalized spacial score (nSPS) is 17.3. The minimum absolute atomic E-state index is 0.000555. The van der Waals surface area contributed by atoms with Crippen LogP contribution in [0, 0.1) is 5.82 Å². The summed E-state index contributed by atoms with van der Waals surface area (Å²) in [5.41, 5.74) is 3.73. The van der Waals surface area contributed by atoms with Crippen LogP contribution >= 0.6 is 11.3 Å². The molecule has 3 aromatic carbocycles. The van der Waals surface area contributed by atoms with Crippen LogP contribution in [0.25, 0.3) is 21.1 Å². The van der Waals surface area contributed by atoms with E-state index in [0.717, 1.165) is 59.3 Å². The molecule has 2 fully saturated rings.